The minimum absolute atomic E-state index is 0.221. The van der Waals surface area contributed by atoms with Crippen molar-refractivity contribution in [2.24, 2.45) is 5.73 Å². The molecule has 1 aliphatic heterocycles. The highest BCUT2D eigenvalue weighted by Crippen LogP contribution is 2.31. The van der Waals surface area contributed by atoms with Crippen LogP contribution in [0.15, 0.2) is 47.4 Å². The minimum Gasteiger partial charge on any atom is -0.480 e. The molecule has 28 heavy (non-hydrogen) atoms. The van der Waals surface area contributed by atoms with Gasteiger partial charge in [-0.3, -0.25) is 19.7 Å². The molecule has 0 aliphatic carbocycles. The fraction of sp³-hybridized carbons (Fsp3) is 0.105. The standard InChI is InChI=1S/C19H15ClN2O5S/c20-14-9-13(6-3-11(14)8-16-17(23)22-19(26)28-16)27-12-4-1-10(2-5-12)7-15(21)18(24)25/h1-6,8-9,15H,7,21H2,(H,24,25)(H,22,23,26)/t15-/m0/s1. The van der Waals surface area contributed by atoms with Crippen LogP contribution in [0.3, 0.4) is 0 Å². The highest BCUT2D eigenvalue weighted by molar-refractivity contribution is 8.18. The summed E-state index contributed by atoms with van der Waals surface area (Å²) in [5.41, 5.74) is 6.88. The Hall–Kier alpha value is -2.81. The third kappa shape index (κ3) is 4.92. The van der Waals surface area contributed by atoms with Gasteiger partial charge in [-0.05, 0) is 65.7 Å². The first kappa shape index (κ1) is 19.9. The maximum absolute atomic E-state index is 11.6. The smallest absolute Gasteiger partial charge is 0.320 e. The summed E-state index contributed by atoms with van der Waals surface area (Å²) in [6.45, 7) is 0. The van der Waals surface area contributed by atoms with Crippen LogP contribution in [0.1, 0.15) is 11.1 Å². The van der Waals surface area contributed by atoms with E-state index in [4.69, 9.17) is 27.2 Å². The molecule has 2 aromatic carbocycles. The highest BCUT2D eigenvalue weighted by atomic mass is 35.5. The maximum Gasteiger partial charge on any atom is 0.320 e. The Balaban J connectivity index is 1.69. The summed E-state index contributed by atoms with van der Waals surface area (Å²) in [5.74, 6) is -0.468. The van der Waals surface area contributed by atoms with Crippen molar-refractivity contribution < 1.29 is 24.2 Å². The second kappa shape index (κ2) is 8.47. The van der Waals surface area contributed by atoms with Gasteiger partial charge in [0.15, 0.2) is 0 Å². The summed E-state index contributed by atoms with van der Waals surface area (Å²) < 4.78 is 5.74. The molecule has 0 unspecified atom stereocenters. The fourth-order valence-electron chi connectivity index (χ4n) is 2.42. The lowest BCUT2D eigenvalue weighted by Crippen LogP contribution is -2.32. The van der Waals surface area contributed by atoms with E-state index in [0.29, 0.717) is 22.1 Å². The molecule has 1 aliphatic rings. The molecule has 1 fully saturated rings. The van der Waals surface area contributed by atoms with E-state index in [0.717, 1.165) is 17.3 Å². The fourth-order valence-corrected chi connectivity index (χ4v) is 3.32. The zero-order valence-corrected chi connectivity index (χ0v) is 15.9. The second-order valence-electron chi connectivity index (χ2n) is 5.93. The van der Waals surface area contributed by atoms with Crippen molar-refractivity contribution in [3.63, 3.8) is 0 Å². The van der Waals surface area contributed by atoms with Crippen LogP contribution in [0.2, 0.25) is 5.02 Å². The number of carbonyl (C=O) groups excluding carboxylic acids is 2. The lowest BCUT2D eigenvalue weighted by Gasteiger charge is -2.10. The molecule has 1 atom stereocenters. The number of carboxylic acid groups (broad SMARTS) is 1. The van der Waals surface area contributed by atoms with E-state index in [1.807, 2.05) is 0 Å². The van der Waals surface area contributed by atoms with Crippen molar-refractivity contribution >= 4 is 46.6 Å². The number of aliphatic carboxylic acids is 1. The SMILES string of the molecule is N[C@@H](Cc1ccc(Oc2ccc(C=C3SC(=O)NC3=O)c(Cl)c2)cc1)C(=O)O. The van der Waals surface area contributed by atoms with Gasteiger partial charge >= 0.3 is 5.97 Å². The minimum atomic E-state index is -1.05. The molecule has 0 spiro atoms. The number of ether oxygens (including phenoxy) is 1. The van der Waals surface area contributed by atoms with Gasteiger partial charge in [0, 0.05) is 0 Å². The van der Waals surface area contributed by atoms with Crippen LogP contribution in [0, 0.1) is 0 Å². The van der Waals surface area contributed by atoms with Crippen LogP contribution in [-0.4, -0.2) is 28.3 Å². The first-order valence-corrected chi connectivity index (χ1v) is 9.31. The molecule has 0 bridgehead atoms. The Bertz CT molecular complexity index is 975. The van der Waals surface area contributed by atoms with Crippen LogP contribution < -0.4 is 15.8 Å². The summed E-state index contributed by atoms with van der Waals surface area (Å²) >= 11 is 7.07. The molecular weight excluding hydrogens is 404 g/mol. The molecule has 2 aromatic rings. The molecule has 9 heteroatoms. The number of hydrogen-bond acceptors (Lipinski definition) is 6. The topological polar surface area (TPSA) is 119 Å². The number of nitrogens with one attached hydrogen (secondary N) is 1. The maximum atomic E-state index is 11.6. The third-order valence-electron chi connectivity index (χ3n) is 3.83. The zero-order valence-electron chi connectivity index (χ0n) is 14.3. The van der Waals surface area contributed by atoms with Gasteiger partial charge in [-0.2, -0.15) is 0 Å². The monoisotopic (exact) mass is 418 g/mol. The van der Waals surface area contributed by atoms with Crippen LogP contribution >= 0.6 is 23.4 Å². The average Bonchev–Trinajstić information content (AvgIpc) is 2.96. The zero-order chi connectivity index (χ0) is 20.3. The molecule has 1 heterocycles. The Labute approximate surface area is 169 Å². The van der Waals surface area contributed by atoms with Crippen LogP contribution in [0.4, 0.5) is 4.79 Å². The number of nitrogens with two attached hydrogens (primary N) is 1. The van der Waals surface area contributed by atoms with E-state index in [1.165, 1.54) is 6.08 Å². The lowest BCUT2D eigenvalue weighted by atomic mass is 10.1. The first-order chi connectivity index (χ1) is 13.3. The van der Waals surface area contributed by atoms with Gasteiger partial charge < -0.3 is 15.6 Å². The van der Waals surface area contributed by atoms with Crippen LogP contribution in [-0.2, 0) is 16.0 Å². The average molecular weight is 419 g/mol. The van der Waals surface area contributed by atoms with Gasteiger partial charge in [0.2, 0.25) is 0 Å². The van der Waals surface area contributed by atoms with Gasteiger partial charge in [0.1, 0.15) is 17.5 Å². The number of carbonyl (C=O) groups is 3. The number of rotatable bonds is 6. The molecule has 2 amide bonds. The third-order valence-corrected chi connectivity index (χ3v) is 4.97. The summed E-state index contributed by atoms with van der Waals surface area (Å²) in [6.07, 6.45) is 1.76. The van der Waals surface area contributed by atoms with E-state index < -0.39 is 23.2 Å². The van der Waals surface area contributed by atoms with Crippen molar-refractivity contribution in [2.75, 3.05) is 0 Å². The van der Waals surface area contributed by atoms with E-state index >= 15 is 0 Å². The van der Waals surface area contributed by atoms with Crippen LogP contribution in [0.25, 0.3) is 6.08 Å². The van der Waals surface area contributed by atoms with Crippen LogP contribution in [0.5, 0.6) is 11.5 Å². The van der Waals surface area contributed by atoms with Crippen molar-refractivity contribution in [3.8, 4) is 11.5 Å². The Morgan fingerprint density at radius 2 is 1.89 bits per heavy atom. The second-order valence-corrected chi connectivity index (χ2v) is 7.35. The first-order valence-electron chi connectivity index (χ1n) is 8.11. The molecule has 144 valence electrons. The van der Waals surface area contributed by atoms with Gasteiger partial charge in [0.25, 0.3) is 11.1 Å². The molecule has 0 aromatic heterocycles. The Morgan fingerprint density at radius 1 is 1.21 bits per heavy atom. The van der Waals surface area contributed by atoms with E-state index in [9.17, 15) is 14.4 Å². The summed E-state index contributed by atoms with van der Waals surface area (Å²) in [4.78, 5) is 33.9. The quantitative estimate of drug-likeness (QED) is 0.615. The highest BCUT2D eigenvalue weighted by Gasteiger charge is 2.25. The molecule has 0 radical (unpaired) electrons. The van der Waals surface area contributed by atoms with Crippen molar-refractivity contribution in [1.29, 1.82) is 0 Å². The van der Waals surface area contributed by atoms with Gasteiger partial charge in [0.05, 0.1) is 9.93 Å². The van der Waals surface area contributed by atoms with E-state index in [2.05, 4.69) is 5.32 Å². The number of benzene rings is 2. The predicted octanol–water partition coefficient (Wildman–Crippen LogP) is 3.41. The molecule has 7 nitrogen and oxygen atoms in total. The predicted molar refractivity (Wildman–Crippen MR) is 106 cm³/mol. The summed E-state index contributed by atoms with van der Waals surface area (Å²) in [5, 5.41) is 11.0. The van der Waals surface area contributed by atoms with Gasteiger partial charge in [-0.25, -0.2) is 0 Å². The largest absolute Gasteiger partial charge is 0.480 e. The number of imide groups is 1. The van der Waals surface area contributed by atoms with E-state index in [-0.39, 0.29) is 11.3 Å². The van der Waals surface area contributed by atoms with Crippen molar-refractivity contribution in [3.05, 3.63) is 63.5 Å². The van der Waals surface area contributed by atoms with Crippen molar-refractivity contribution in [1.82, 2.24) is 5.32 Å². The Kier molecular flexibility index (Phi) is 6.03. The van der Waals surface area contributed by atoms with Gasteiger partial charge in [-0.1, -0.05) is 23.7 Å². The molecule has 1 saturated heterocycles. The van der Waals surface area contributed by atoms with E-state index in [1.54, 1.807) is 42.5 Å². The Morgan fingerprint density at radius 3 is 2.46 bits per heavy atom. The van der Waals surface area contributed by atoms with Crippen molar-refractivity contribution in [2.45, 2.75) is 12.5 Å². The number of carboxylic acids is 1. The normalized spacial score (nSPS) is 16.1. The lowest BCUT2D eigenvalue weighted by molar-refractivity contribution is -0.138. The van der Waals surface area contributed by atoms with Gasteiger partial charge in [-0.15, -0.1) is 0 Å². The number of amides is 2. The molecule has 3 rings (SSSR count). The number of hydrogen-bond donors (Lipinski definition) is 3. The molecule has 0 saturated carbocycles. The summed E-state index contributed by atoms with van der Waals surface area (Å²) in [7, 11) is 0. The molecular formula is C19H15ClN2O5S. The number of thioether (sulfide) groups is 1. The number of halogens is 1. The molecule has 4 N–H and O–H groups in total. The summed E-state index contributed by atoms with van der Waals surface area (Å²) in [6, 6.07) is 10.9.